The molecule has 0 spiro atoms. The van der Waals surface area contributed by atoms with Gasteiger partial charge in [-0.25, -0.2) is 0 Å². The Balaban J connectivity index is 1.88. The average molecular weight is 263 g/mol. The topological polar surface area (TPSA) is 61.5 Å². The number of carbonyl (C=O) groups is 1. The van der Waals surface area contributed by atoms with E-state index < -0.39 is 5.54 Å². The van der Waals surface area contributed by atoms with Crippen molar-refractivity contribution < 1.29 is 14.3 Å². The minimum atomic E-state index is -0.676. The number of hydrogen-bond donors (Lipinski definition) is 1. The number of aryl methyl sites for hydroxylation is 1. The molecule has 19 heavy (non-hydrogen) atoms. The zero-order valence-corrected chi connectivity index (χ0v) is 11.4. The highest BCUT2D eigenvalue weighted by Gasteiger charge is 2.34. The van der Waals surface area contributed by atoms with Crippen molar-refractivity contribution in [2.24, 2.45) is 5.73 Å². The number of rotatable bonds is 5. The Kier molecular flexibility index (Phi) is 4.56. The van der Waals surface area contributed by atoms with Gasteiger partial charge in [-0.2, -0.15) is 0 Å². The standard InChI is InChI=1S/C15H21NO3/c1-18-13-5-2-12(3-6-13)4-7-14(17)15(16)8-10-19-11-9-15/h2-3,5-6H,4,7-11,16H2,1H3. The Hall–Kier alpha value is -1.39. The first kappa shape index (κ1) is 14.0. The van der Waals surface area contributed by atoms with E-state index in [1.165, 1.54) is 0 Å². The van der Waals surface area contributed by atoms with Crippen LogP contribution >= 0.6 is 0 Å². The lowest BCUT2D eigenvalue weighted by molar-refractivity contribution is -0.127. The van der Waals surface area contributed by atoms with Crippen LogP contribution < -0.4 is 10.5 Å². The second-order valence-corrected chi connectivity index (χ2v) is 5.04. The molecule has 1 saturated heterocycles. The van der Waals surface area contributed by atoms with Crippen LogP contribution in [-0.2, 0) is 16.0 Å². The van der Waals surface area contributed by atoms with Crippen LogP contribution in [0.3, 0.4) is 0 Å². The fourth-order valence-corrected chi connectivity index (χ4v) is 2.31. The number of hydrogen-bond acceptors (Lipinski definition) is 4. The van der Waals surface area contributed by atoms with Gasteiger partial charge in [0.15, 0.2) is 5.78 Å². The number of carbonyl (C=O) groups excluding carboxylic acids is 1. The van der Waals surface area contributed by atoms with Crippen LogP contribution in [0, 0.1) is 0 Å². The predicted octanol–water partition coefficient (Wildman–Crippen LogP) is 1.70. The highest BCUT2D eigenvalue weighted by Crippen LogP contribution is 2.21. The first-order valence-electron chi connectivity index (χ1n) is 6.67. The summed E-state index contributed by atoms with van der Waals surface area (Å²) >= 11 is 0. The van der Waals surface area contributed by atoms with Crippen LogP contribution in [0.5, 0.6) is 5.75 Å². The smallest absolute Gasteiger partial charge is 0.153 e. The van der Waals surface area contributed by atoms with Crippen LogP contribution in [0.2, 0.25) is 0 Å². The maximum absolute atomic E-state index is 12.2. The summed E-state index contributed by atoms with van der Waals surface area (Å²) in [7, 11) is 1.64. The van der Waals surface area contributed by atoms with Crippen molar-refractivity contribution in [1.82, 2.24) is 0 Å². The minimum absolute atomic E-state index is 0.145. The number of nitrogens with two attached hydrogens (primary N) is 1. The molecule has 0 bridgehead atoms. The van der Waals surface area contributed by atoms with Crippen molar-refractivity contribution >= 4 is 5.78 Å². The molecule has 0 aromatic heterocycles. The van der Waals surface area contributed by atoms with Crippen molar-refractivity contribution in [3.8, 4) is 5.75 Å². The van der Waals surface area contributed by atoms with Gasteiger partial charge < -0.3 is 15.2 Å². The summed E-state index contributed by atoms with van der Waals surface area (Å²) in [4.78, 5) is 12.2. The number of ketones is 1. The molecule has 2 N–H and O–H groups in total. The van der Waals surface area contributed by atoms with Gasteiger partial charge in [-0.05, 0) is 37.0 Å². The summed E-state index contributed by atoms with van der Waals surface area (Å²) in [6.45, 7) is 1.18. The lowest BCUT2D eigenvalue weighted by atomic mass is 9.84. The zero-order chi connectivity index (χ0) is 13.7. The van der Waals surface area contributed by atoms with Gasteiger partial charge in [0.25, 0.3) is 0 Å². The molecule has 104 valence electrons. The Morgan fingerprint density at radius 2 is 1.95 bits per heavy atom. The van der Waals surface area contributed by atoms with E-state index in [1.54, 1.807) is 7.11 Å². The molecule has 0 unspecified atom stereocenters. The number of ether oxygens (including phenoxy) is 2. The maximum Gasteiger partial charge on any atom is 0.153 e. The van der Waals surface area contributed by atoms with Gasteiger partial charge in [-0.15, -0.1) is 0 Å². The second kappa shape index (κ2) is 6.17. The number of benzene rings is 1. The number of Topliss-reactive ketones (excluding diaryl/α,β-unsaturated/α-hetero) is 1. The molecule has 0 aliphatic carbocycles. The Bertz CT molecular complexity index is 422. The van der Waals surface area contributed by atoms with E-state index in [9.17, 15) is 4.79 Å². The van der Waals surface area contributed by atoms with E-state index in [0.29, 0.717) is 32.5 Å². The van der Waals surface area contributed by atoms with Gasteiger partial charge in [0.1, 0.15) is 5.75 Å². The van der Waals surface area contributed by atoms with Crippen LogP contribution in [-0.4, -0.2) is 31.6 Å². The molecule has 4 heteroatoms. The van der Waals surface area contributed by atoms with E-state index in [4.69, 9.17) is 15.2 Å². The monoisotopic (exact) mass is 263 g/mol. The SMILES string of the molecule is COc1ccc(CCC(=O)C2(N)CCOCC2)cc1. The van der Waals surface area contributed by atoms with Gasteiger partial charge in [0, 0.05) is 19.6 Å². The summed E-state index contributed by atoms with van der Waals surface area (Å²) in [5, 5.41) is 0. The van der Waals surface area contributed by atoms with E-state index >= 15 is 0 Å². The normalized spacial score (nSPS) is 18.0. The molecule has 0 radical (unpaired) electrons. The van der Waals surface area contributed by atoms with E-state index in [0.717, 1.165) is 17.7 Å². The first-order valence-corrected chi connectivity index (χ1v) is 6.67. The molecule has 1 fully saturated rings. The summed E-state index contributed by atoms with van der Waals surface area (Å²) in [5.74, 6) is 0.974. The highest BCUT2D eigenvalue weighted by molar-refractivity contribution is 5.88. The fraction of sp³-hybridized carbons (Fsp3) is 0.533. The average Bonchev–Trinajstić information content (AvgIpc) is 2.46. The van der Waals surface area contributed by atoms with E-state index in [2.05, 4.69) is 0 Å². The quantitative estimate of drug-likeness (QED) is 0.878. The predicted molar refractivity (Wildman–Crippen MR) is 73.3 cm³/mol. The third kappa shape index (κ3) is 3.55. The van der Waals surface area contributed by atoms with Gasteiger partial charge in [0.05, 0.1) is 12.6 Å². The van der Waals surface area contributed by atoms with Crippen molar-refractivity contribution in [2.75, 3.05) is 20.3 Å². The maximum atomic E-state index is 12.2. The minimum Gasteiger partial charge on any atom is -0.497 e. The molecule has 0 atom stereocenters. The van der Waals surface area contributed by atoms with Crippen molar-refractivity contribution in [3.05, 3.63) is 29.8 Å². The zero-order valence-electron chi connectivity index (χ0n) is 11.4. The van der Waals surface area contributed by atoms with Crippen molar-refractivity contribution in [3.63, 3.8) is 0 Å². The van der Waals surface area contributed by atoms with Crippen molar-refractivity contribution in [2.45, 2.75) is 31.2 Å². The Morgan fingerprint density at radius 1 is 1.32 bits per heavy atom. The molecule has 1 aromatic carbocycles. The lowest BCUT2D eigenvalue weighted by Crippen LogP contribution is -2.52. The van der Waals surface area contributed by atoms with Crippen LogP contribution in [0.1, 0.15) is 24.8 Å². The molecule has 1 aliphatic rings. The highest BCUT2D eigenvalue weighted by atomic mass is 16.5. The summed E-state index contributed by atoms with van der Waals surface area (Å²) in [5.41, 5.74) is 6.62. The Morgan fingerprint density at radius 3 is 2.53 bits per heavy atom. The summed E-state index contributed by atoms with van der Waals surface area (Å²) < 4.78 is 10.4. The largest absolute Gasteiger partial charge is 0.497 e. The van der Waals surface area contributed by atoms with Gasteiger partial charge in [-0.3, -0.25) is 4.79 Å². The van der Waals surface area contributed by atoms with Crippen LogP contribution in [0.15, 0.2) is 24.3 Å². The molecule has 0 saturated carbocycles. The fourth-order valence-electron chi connectivity index (χ4n) is 2.31. The lowest BCUT2D eigenvalue weighted by Gasteiger charge is -2.31. The van der Waals surface area contributed by atoms with E-state index in [1.807, 2.05) is 24.3 Å². The van der Waals surface area contributed by atoms with Crippen molar-refractivity contribution in [1.29, 1.82) is 0 Å². The molecule has 1 heterocycles. The first-order chi connectivity index (χ1) is 9.14. The molecule has 2 rings (SSSR count). The molecule has 0 amide bonds. The molecular formula is C15H21NO3. The van der Waals surface area contributed by atoms with Gasteiger partial charge in [-0.1, -0.05) is 12.1 Å². The van der Waals surface area contributed by atoms with Gasteiger partial charge >= 0.3 is 0 Å². The van der Waals surface area contributed by atoms with Crippen LogP contribution in [0.4, 0.5) is 0 Å². The molecule has 1 aromatic rings. The molecule has 1 aliphatic heterocycles. The molecular weight excluding hydrogens is 242 g/mol. The Labute approximate surface area is 113 Å². The third-order valence-electron chi connectivity index (χ3n) is 3.74. The summed E-state index contributed by atoms with van der Waals surface area (Å²) in [6.07, 6.45) is 2.48. The summed E-state index contributed by atoms with van der Waals surface area (Å²) in [6, 6.07) is 7.79. The third-order valence-corrected chi connectivity index (χ3v) is 3.74. The van der Waals surface area contributed by atoms with E-state index in [-0.39, 0.29) is 5.78 Å². The number of methoxy groups -OCH3 is 1. The van der Waals surface area contributed by atoms with Gasteiger partial charge in [0.2, 0.25) is 0 Å². The molecule has 4 nitrogen and oxygen atoms in total. The second-order valence-electron chi connectivity index (χ2n) is 5.04. The van der Waals surface area contributed by atoms with Crippen LogP contribution in [0.25, 0.3) is 0 Å².